The van der Waals surface area contributed by atoms with Gasteiger partial charge in [0.15, 0.2) is 23.9 Å². The van der Waals surface area contributed by atoms with Crippen molar-refractivity contribution in [1.29, 1.82) is 0 Å². The van der Waals surface area contributed by atoms with Crippen molar-refractivity contribution < 1.29 is 33.3 Å². The van der Waals surface area contributed by atoms with Crippen molar-refractivity contribution in [1.82, 2.24) is 9.99 Å². The first-order valence-electron chi connectivity index (χ1n) is 11.8. The number of aryl methyl sites for hydroxylation is 2. The first-order chi connectivity index (χ1) is 18.7. The van der Waals surface area contributed by atoms with E-state index in [9.17, 15) is 9.59 Å². The van der Waals surface area contributed by atoms with Crippen LogP contribution in [0.2, 0.25) is 0 Å². The summed E-state index contributed by atoms with van der Waals surface area (Å²) in [6, 6.07) is 18.5. The zero-order chi connectivity index (χ0) is 27.9. The number of aliphatic carboxylic acids is 1. The third kappa shape index (κ3) is 6.99. The highest BCUT2D eigenvalue weighted by Gasteiger charge is 2.14. The first kappa shape index (κ1) is 27.8. The highest BCUT2D eigenvalue weighted by atomic mass is 127. The molecule has 2 aromatic carbocycles. The van der Waals surface area contributed by atoms with Gasteiger partial charge >= 0.3 is 11.9 Å². The minimum Gasteiger partial charge on any atom is -0.493 e. The summed E-state index contributed by atoms with van der Waals surface area (Å²) in [6.45, 7) is 3.78. The standard InChI is InChI=1S/C28H26IN3O7/c1-17-4-5-18(2)32(17)20-6-8-21(9-7-20)37-15-22-10-11-24(39-22)28(35)31-30-14-19-12-23(29)27(25(13-19)36-3)38-16-26(33)34/h4-14H,15-16H2,1-3H3,(H,31,35)(H,33,34)/b30-14+. The molecule has 2 heterocycles. The highest BCUT2D eigenvalue weighted by molar-refractivity contribution is 14.1. The molecule has 0 atom stereocenters. The molecular formula is C28H26IN3O7. The summed E-state index contributed by atoms with van der Waals surface area (Å²) >= 11 is 2.00. The van der Waals surface area contributed by atoms with Gasteiger partial charge in [0.25, 0.3) is 0 Å². The van der Waals surface area contributed by atoms with Gasteiger partial charge in [0.2, 0.25) is 0 Å². The van der Waals surface area contributed by atoms with Gasteiger partial charge < -0.3 is 28.3 Å². The van der Waals surface area contributed by atoms with Crippen molar-refractivity contribution in [3.8, 4) is 22.9 Å². The highest BCUT2D eigenvalue weighted by Crippen LogP contribution is 2.33. The molecule has 0 saturated carbocycles. The Bertz CT molecular complexity index is 1490. The van der Waals surface area contributed by atoms with Crippen molar-refractivity contribution >= 4 is 40.7 Å². The number of aromatic nitrogens is 1. The number of amides is 1. The van der Waals surface area contributed by atoms with Gasteiger partial charge in [-0.1, -0.05) is 0 Å². The van der Waals surface area contributed by atoms with Gasteiger partial charge in [0.05, 0.1) is 16.9 Å². The van der Waals surface area contributed by atoms with Gasteiger partial charge in [0.1, 0.15) is 18.1 Å². The number of hydrazone groups is 1. The van der Waals surface area contributed by atoms with E-state index in [1.165, 1.54) is 13.3 Å². The number of hydrogen-bond acceptors (Lipinski definition) is 7. The molecule has 1 amide bonds. The van der Waals surface area contributed by atoms with Gasteiger partial charge in [-0.15, -0.1) is 0 Å². The Morgan fingerprint density at radius 2 is 1.77 bits per heavy atom. The maximum Gasteiger partial charge on any atom is 0.341 e. The average Bonchev–Trinajstić information content (AvgIpc) is 3.53. The molecule has 0 spiro atoms. The first-order valence-corrected chi connectivity index (χ1v) is 12.9. The van der Waals surface area contributed by atoms with Crippen molar-refractivity contribution in [2.24, 2.45) is 5.10 Å². The van der Waals surface area contributed by atoms with Crippen LogP contribution in [0.3, 0.4) is 0 Å². The monoisotopic (exact) mass is 643 g/mol. The number of rotatable bonds is 11. The van der Waals surface area contributed by atoms with Crippen LogP contribution in [-0.2, 0) is 11.4 Å². The van der Waals surface area contributed by atoms with Crippen molar-refractivity contribution in [2.75, 3.05) is 13.7 Å². The normalized spacial score (nSPS) is 11.0. The third-order valence-corrected chi connectivity index (χ3v) is 6.41. The molecule has 4 rings (SSSR count). The summed E-state index contributed by atoms with van der Waals surface area (Å²) in [4.78, 5) is 23.3. The molecule has 0 radical (unpaired) electrons. The SMILES string of the molecule is COc1cc(/C=N/NC(=O)c2ccc(COc3ccc(-n4c(C)ccc4C)cc3)o2)cc(I)c1OCC(=O)O. The van der Waals surface area contributed by atoms with E-state index in [1.54, 1.807) is 24.3 Å². The number of carboxylic acids is 1. The van der Waals surface area contributed by atoms with E-state index in [1.807, 2.05) is 46.9 Å². The lowest BCUT2D eigenvalue weighted by atomic mass is 10.2. The minimum absolute atomic E-state index is 0.0873. The zero-order valence-corrected chi connectivity index (χ0v) is 23.6. The Morgan fingerprint density at radius 3 is 2.44 bits per heavy atom. The number of carbonyl (C=O) groups is 2. The number of furan rings is 1. The molecular weight excluding hydrogens is 617 g/mol. The lowest BCUT2D eigenvalue weighted by molar-refractivity contribution is -0.139. The number of nitrogens with one attached hydrogen (secondary N) is 1. The zero-order valence-electron chi connectivity index (χ0n) is 21.4. The number of carbonyl (C=O) groups excluding carboxylic acids is 1. The van der Waals surface area contributed by atoms with Crippen LogP contribution in [0.25, 0.3) is 5.69 Å². The van der Waals surface area contributed by atoms with Crippen LogP contribution in [0, 0.1) is 17.4 Å². The molecule has 10 nitrogen and oxygen atoms in total. The number of hydrogen-bond donors (Lipinski definition) is 2. The summed E-state index contributed by atoms with van der Waals surface area (Å²) in [5, 5.41) is 12.8. The van der Waals surface area contributed by atoms with Gasteiger partial charge in [0, 0.05) is 17.1 Å². The van der Waals surface area contributed by atoms with Crippen LogP contribution >= 0.6 is 22.6 Å². The van der Waals surface area contributed by atoms with Crippen LogP contribution < -0.4 is 19.6 Å². The van der Waals surface area contributed by atoms with E-state index in [-0.39, 0.29) is 12.4 Å². The Balaban J connectivity index is 1.32. The van der Waals surface area contributed by atoms with E-state index >= 15 is 0 Å². The van der Waals surface area contributed by atoms with Crippen molar-refractivity contribution in [3.63, 3.8) is 0 Å². The topological polar surface area (TPSA) is 125 Å². The predicted octanol–water partition coefficient (Wildman–Crippen LogP) is 5.11. The quantitative estimate of drug-likeness (QED) is 0.132. The fourth-order valence-electron chi connectivity index (χ4n) is 3.81. The molecule has 202 valence electrons. The predicted molar refractivity (Wildman–Crippen MR) is 152 cm³/mol. The molecule has 0 unspecified atom stereocenters. The molecule has 0 aliphatic heterocycles. The molecule has 0 aliphatic carbocycles. The molecule has 0 fully saturated rings. The van der Waals surface area contributed by atoms with Gasteiger partial charge in [-0.05, 0) is 103 Å². The van der Waals surface area contributed by atoms with Crippen LogP contribution in [0.4, 0.5) is 0 Å². The second-order valence-corrected chi connectivity index (χ2v) is 9.58. The van der Waals surface area contributed by atoms with Gasteiger partial charge in [-0.2, -0.15) is 5.10 Å². The van der Waals surface area contributed by atoms with Gasteiger partial charge in [-0.3, -0.25) is 4.79 Å². The summed E-state index contributed by atoms with van der Waals surface area (Å²) in [6.07, 6.45) is 1.43. The smallest absolute Gasteiger partial charge is 0.341 e. The number of benzene rings is 2. The Kier molecular flexibility index (Phi) is 8.92. The second kappa shape index (κ2) is 12.5. The Morgan fingerprint density at radius 1 is 1.05 bits per heavy atom. The Hall–Kier alpha value is -4.26. The molecule has 0 bridgehead atoms. The largest absolute Gasteiger partial charge is 0.493 e. The van der Waals surface area contributed by atoms with Crippen LogP contribution in [0.15, 0.2) is 70.2 Å². The van der Waals surface area contributed by atoms with Crippen LogP contribution in [0.1, 0.15) is 33.3 Å². The van der Waals surface area contributed by atoms with Crippen molar-refractivity contribution in [2.45, 2.75) is 20.5 Å². The number of carboxylic acid groups (broad SMARTS) is 1. The van der Waals surface area contributed by atoms with Crippen molar-refractivity contribution in [3.05, 3.63) is 92.7 Å². The molecule has 39 heavy (non-hydrogen) atoms. The summed E-state index contributed by atoms with van der Waals surface area (Å²) in [5.41, 5.74) is 6.39. The number of halogens is 1. The molecule has 11 heteroatoms. The number of methoxy groups -OCH3 is 1. The molecule has 4 aromatic rings. The molecule has 0 aliphatic rings. The van der Waals surface area contributed by atoms with E-state index in [0.717, 1.165) is 17.1 Å². The van der Waals surface area contributed by atoms with E-state index < -0.39 is 18.5 Å². The summed E-state index contributed by atoms with van der Waals surface area (Å²) in [7, 11) is 1.44. The Labute approximate surface area is 238 Å². The van der Waals surface area contributed by atoms with E-state index in [2.05, 4.69) is 41.1 Å². The molecule has 0 saturated heterocycles. The second-order valence-electron chi connectivity index (χ2n) is 8.42. The fourth-order valence-corrected chi connectivity index (χ4v) is 4.59. The van der Waals surface area contributed by atoms with Gasteiger partial charge in [-0.25, -0.2) is 10.2 Å². The lowest BCUT2D eigenvalue weighted by Crippen LogP contribution is -2.16. The van der Waals surface area contributed by atoms with E-state index in [0.29, 0.717) is 32.1 Å². The average molecular weight is 643 g/mol. The fraction of sp³-hybridized carbons (Fsp3) is 0.179. The maximum absolute atomic E-state index is 12.5. The summed E-state index contributed by atoms with van der Waals surface area (Å²) < 4.78 is 24.8. The number of nitrogens with zero attached hydrogens (tertiary/aromatic N) is 2. The number of ether oxygens (including phenoxy) is 3. The van der Waals surface area contributed by atoms with E-state index in [4.69, 9.17) is 23.7 Å². The van der Waals surface area contributed by atoms with Crippen LogP contribution in [0.5, 0.6) is 17.2 Å². The third-order valence-electron chi connectivity index (χ3n) is 5.60. The lowest BCUT2D eigenvalue weighted by Gasteiger charge is -2.12. The molecule has 2 N–H and O–H groups in total. The minimum atomic E-state index is -1.10. The summed E-state index contributed by atoms with van der Waals surface area (Å²) in [5.74, 6) is 0.289. The maximum atomic E-state index is 12.5. The van der Waals surface area contributed by atoms with Crippen LogP contribution in [-0.4, -0.2) is 41.5 Å². The molecule has 2 aromatic heterocycles.